The van der Waals surface area contributed by atoms with Crippen molar-refractivity contribution in [2.45, 2.75) is 12.5 Å². The first-order valence-corrected chi connectivity index (χ1v) is 6.70. The predicted octanol–water partition coefficient (Wildman–Crippen LogP) is 1.14. The zero-order valence-corrected chi connectivity index (χ0v) is 11.9. The molecule has 1 heterocycles. The van der Waals surface area contributed by atoms with Crippen LogP contribution in [-0.2, 0) is 16.0 Å². The quantitative estimate of drug-likeness (QED) is 0.776. The second kappa shape index (κ2) is 6.54. The molecule has 0 aliphatic heterocycles. The summed E-state index contributed by atoms with van der Waals surface area (Å²) >= 11 is 0. The Labute approximate surface area is 118 Å². The average Bonchev–Trinajstić information content (AvgIpc) is 2.81. The van der Waals surface area contributed by atoms with Crippen LogP contribution in [0.5, 0.6) is 0 Å². The zero-order valence-electron chi connectivity index (χ0n) is 11.9. The standard InChI is InChI=1S/C15H21N3O2/c1-18(2)7-8-20-15(19)13(16)9-11-10-17-14-6-4-3-5-12(11)14/h3-6,10,13,17H,7-9,16H2,1-2H3. The van der Waals surface area contributed by atoms with Crippen molar-refractivity contribution in [2.75, 3.05) is 27.2 Å². The van der Waals surface area contributed by atoms with E-state index in [1.807, 2.05) is 49.5 Å². The summed E-state index contributed by atoms with van der Waals surface area (Å²) < 4.78 is 5.16. The summed E-state index contributed by atoms with van der Waals surface area (Å²) in [6.45, 7) is 1.07. The molecule has 0 spiro atoms. The summed E-state index contributed by atoms with van der Waals surface area (Å²) in [6, 6.07) is 7.33. The molecule has 108 valence electrons. The van der Waals surface area contributed by atoms with E-state index < -0.39 is 6.04 Å². The number of nitrogens with zero attached hydrogens (tertiary/aromatic N) is 1. The van der Waals surface area contributed by atoms with Gasteiger partial charge in [0.25, 0.3) is 0 Å². The van der Waals surface area contributed by atoms with Gasteiger partial charge in [0.2, 0.25) is 0 Å². The number of esters is 1. The number of H-pyrrole nitrogens is 1. The van der Waals surface area contributed by atoms with E-state index in [0.717, 1.165) is 16.5 Å². The van der Waals surface area contributed by atoms with Gasteiger partial charge < -0.3 is 20.4 Å². The third-order valence-electron chi connectivity index (χ3n) is 3.20. The molecule has 0 saturated carbocycles. The Balaban J connectivity index is 1.93. The lowest BCUT2D eigenvalue weighted by Crippen LogP contribution is -2.35. The van der Waals surface area contributed by atoms with Gasteiger partial charge in [-0.3, -0.25) is 4.79 Å². The molecule has 0 amide bonds. The van der Waals surface area contributed by atoms with Crippen molar-refractivity contribution in [3.05, 3.63) is 36.0 Å². The van der Waals surface area contributed by atoms with Gasteiger partial charge >= 0.3 is 5.97 Å². The van der Waals surface area contributed by atoms with Gasteiger partial charge in [0, 0.05) is 30.1 Å². The highest BCUT2D eigenvalue weighted by Crippen LogP contribution is 2.18. The number of aromatic nitrogens is 1. The average molecular weight is 275 g/mol. The molecular formula is C15H21N3O2. The molecule has 1 atom stereocenters. The zero-order chi connectivity index (χ0) is 14.5. The second-order valence-electron chi connectivity index (χ2n) is 5.14. The maximum atomic E-state index is 11.8. The van der Waals surface area contributed by atoms with E-state index in [1.54, 1.807) is 0 Å². The highest BCUT2D eigenvalue weighted by atomic mass is 16.5. The van der Waals surface area contributed by atoms with Gasteiger partial charge in [-0.15, -0.1) is 0 Å². The van der Waals surface area contributed by atoms with Crippen LogP contribution < -0.4 is 5.73 Å². The smallest absolute Gasteiger partial charge is 0.323 e. The summed E-state index contributed by atoms with van der Waals surface area (Å²) in [5.74, 6) is -0.350. The molecule has 2 aromatic rings. The van der Waals surface area contributed by atoms with E-state index in [-0.39, 0.29) is 5.97 Å². The van der Waals surface area contributed by atoms with E-state index in [2.05, 4.69) is 4.98 Å². The van der Waals surface area contributed by atoms with Gasteiger partial charge in [-0.05, 0) is 25.7 Å². The fourth-order valence-electron chi connectivity index (χ4n) is 2.06. The van der Waals surface area contributed by atoms with Crippen molar-refractivity contribution >= 4 is 16.9 Å². The van der Waals surface area contributed by atoms with Crippen molar-refractivity contribution in [3.8, 4) is 0 Å². The number of hydrogen-bond acceptors (Lipinski definition) is 4. The first-order valence-electron chi connectivity index (χ1n) is 6.70. The van der Waals surface area contributed by atoms with Crippen LogP contribution in [0, 0.1) is 0 Å². The number of likely N-dealkylation sites (N-methyl/N-ethyl adjacent to an activating group) is 1. The number of para-hydroxylation sites is 1. The lowest BCUT2D eigenvalue weighted by atomic mass is 10.1. The van der Waals surface area contributed by atoms with E-state index in [4.69, 9.17) is 10.5 Å². The SMILES string of the molecule is CN(C)CCOC(=O)C(N)Cc1c[nH]c2ccccc12. The van der Waals surface area contributed by atoms with Gasteiger partial charge in [0.1, 0.15) is 12.6 Å². The molecule has 0 bridgehead atoms. The maximum Gasteiger partial charge on any atom is 0.323 e. The van der Waals surface area contributed by atoms with Crippen LogP contribution in [0.25, 0.3) is 10.9 Å². The number of aromatic amines is 1. The Morgan fingerprint density at radius 1 is 1.40 bits per heavy atom. The molecule has 0 radical (unpaired) electrons. The van der Waals surface area contributed by atoms with Gasteiger partial charge in [0.15, 0.2) is 0 Å². The van der Waals surface area contributed by atoms with Crippen LogP contribution in [-0.4, -0.2) is 49.1 Å². The highest BCUT2D eigenvalue weighted by Gasteiger charge is 2.17. The van der Waals surface area contributed by atoms with Crippen molar-refractivity contribution in [1.29, 1.82) is 0 Å². The molecule has 0 saturated heterocycles. The number of nitrogens with one attached hydrogen (secondary N) is 1. The Hall–Kier alpha value is -1.85. The first kappa shape index (κ1) is 14.6. The number of carbonyl (C=O) groups is 1. The normalized spacial score (nSPS) is 12.8. The molecular weight excluding hydrogens is 254 g/mol. The fourth-order valence-corrected chi connectivity index (χ4v) is 2.06. The number of rotatable bonds is 6. The summed E-state index contributed by atoms with van der Waals surface area (Å²) in [7, 11) is 3.86. The Morgan fingerprint density at radius 2 is 2.15 bits per heavy atom. The van der Waals surface area contributed by atoms with E-state index in [1.165, 1.54) is 0 Å². The van der Waals surface area contributed by atoms with Crippen molar-refractivity contribution < 1.29 is 9.53 Å². The monoisotopic (exact) mass is 275 g/mol. The van der Waals surface area contributed by atoms with E-state index in [0.29, 0.717) is 19.6 Å². The van der Waals surface area contributed by atoms with Crippen molar-refractivity contribution in [2.24, 2.45) is 5.73 Å². The molecule has 1 aromatic carbocycles. The number of hydrogen-bond donors (Lipinski definition) is 2. The van der Waals surface area contributed by atoms with Crippen LogP contribution in [0.4, 0.5) is 0 Å². The largest absolute Gasteiger partial charge is 0.463 e. The third-order valence-corrected chi connectivity index (χ3v) is 3.20. The van der Waals surface area contributed by atoms with Gasteiger partial charge in [-0.1, -0.05) is 18.2 Å². The number of benzene rings is 1. The maximum absolute atomic E-state index is 11.8. The molecule has 2 rings (SSSR count). The molecule has 1 unspecified atom stereocenters. The lowest BCUT2D eigenvalue weighted by molar-refractivity contribution is -0.145. The van der Waals surface area contributed by atoms with Crippen LogP contribution >= 0.6 is 0 Å². The number of fused-ring (bicyclic) bond motifs is 1. The molecule has 20 heavy (non-hydrogen) atoms. The second-order valence-corrected chi connectivity index (χ2v) is 5.14. The van der Waals surface area contributed by atoms with Crippen LogP contribution in [0.3, 0.4) is 0 Å². The Kier molecular flexibility index (Phi) is 4.76. The molecule has 0 aliphatic rings. The highest BCUT2D eigenvalue weighted by molar-refractivity contribution is 5.84. The molecule has 1 aromatic heterocycles. The van der Waals surface area contributed by atoms with Crippen LogP contribution in [0.2, 0.25) is 0 Å². The number of nitrogens with two attached hydrogens (primary N) is 1. The molecule has 5 heteroatoms. The van der Waals surface area contributed by atoms with Gasteiger partial charge in [0.05, 0.1) is 0 Å². The minimum atomic E-state index is -0.628. The summed E-state index contributed by atoms with van der Waals surface area (Å²) in [5, 5.41) is 1.10. The summed E-state index contributed by atoms with van der Waals surface area (Å²) in [4.78, 5) is 16.9. The lowest BCUT2D eigenvalue weighted by Gasteiger charge is -2.13. The van der Waals surface area contributed by atoms with Crippen LogP contribution in [0.1, 0.15) is 5.56 Å². The van der Waals surface area contributed by atoms with Crippen molar-refractivity contribution in [3.63, 3.8) is 0 Å². The van der Waals surface area contributed by atoms with Crippen LogP contribution in [0.15, 0.2) is 30.5 Å². The summed E-state index contributed by atoms with van der Waals surface area (Å²) in [5.41, 5.74) is 8.01. The molecule has 0 fully saturated rings. The minimum absolute atomic E-state index is 0.350. The Morgan fingerprint density at radius 3 is 2.90 bits per heavy atom. The number of carbonyl (C=O) groups excluding carboxylic acids is 1. The molecule has 0 aliphatic carbocycles. The molecule has 3 N–H and O–H groups in total. The topological polar surface area (TPSA) is 71.3 Å². The predicted molar refractivity (Wildman–Crippen MR) is 79.5 cm³/mol. The van der Waals surface area contributed by atoms with Gasteiger partial charge in [-0.2, -0.15) is 0 Å². The Bertz CT molecular complexity index is 577. The minimum Gasteiger partial charge on any atom is -0.463 e. The van der Waals surface area contributed by atoms with E-state index in [9.17, 15) is 4.79 Å². The third kappa shape index (κ3) is 3.59. The molecule has 5 nitrogen and oxygen atoms in total. The fraction of sp³-hybridized carbons (Fsp3) is 0.400. The van der Waals surface area contributed by atoms with E-state index >= 15 is 0 Å². The first-order chi connectivity index (χ1) is 9.58. The van der Waals surface area contributed by atoms with Crippen molar-refractivity contribution in [1.82, 2.24) is 9.88 Å². The van der Waals surface area contributed by atoms with Gasteiger partial charge in [-0.25, -0.2) is 0 Å². The number of ether oxygens (including phenoxy) is 1. The summed E-state index contributed by atoms with van der Waals surface area (Å²) in [6.07, 6.45) is 2.38.